The first-order chi connectivity index (χ1) is 17.2. The van der Waals surface area contributed by atoms with Gasteiger partial charge in [0, 0.05) is 63.8 Å². The van der Waals surface area contributed by atoms with Gasteiger partial charge in [-0.1, -0.05) is 6.07 Å². The number of hydrogen-bond donors (Lipinski definition) is 2. The zero-order valence-electron chi connectivity index (χ0n) is 19.7. The highest BCUT2D eigenvalue weighted by molar-refractivity contribution is 7.21. The number of fused-ring (bicyclic) bond motifs is 1. The van der Waals surface area contributed by atoms with Gasteiger partial charge in [-0.2, -0.15) is 0 Å². The Labute approximate surface area is 208 Å². The van der Waals surface area contributed by atoms with E-state index in [1.165, 1.54) is 0 Å². The molecule has 6 rings (SSSR count). The highest BCUT2D eigenvalue weighted by Crippen LogP contribution is 2.34. The summed E-state index contributed by atoms with van der Waals surface area (Å²) in [5.74, 6) is 2.75. The second-order valence-electron chi connectivity index (χ2n) is 8.94. The van der Waals surface area contributed by atoms with Gasteiger partial charge in [-0.15, -0.1) is 11.3 Å². The number of thiazole rings is 1. The fourth-order valence-electron chi connectivity index (χ4n) is 4.66. The number of pyridine rings is 2. The molecule has 2 aliphatic heterocycles. The molecule has 35 heavy (non-hydrogen) atoms. The molecule has 2 fully saturated rings. The maximum absolute atomic E-state index is 5.58. The number of hydrogen-bond acceptors (Lipinski definition) is 10. The lowest BCUT2D eigenvalue weighted by molar-refractivity contribution is 0.0845. The Hall–Kier alpha value is -3.21. The number of aromatic nitrogens is 5. The average Bonchev–Trinajstić information content (AvgIpc) is 3.33. The van der Waals surface area contributed by atoms with Gasteiger partial charge in [-0.05, 0) is 31.4 Å². The van der Waals surface area contributed by atoms with Gasteiger partial charge in [0.2, 0.25) is 0 Å². The second-order valence-corrected chi connectivity index (χ2v) is 9.97. The number of rotatable bonds is 5. The van der Waals surface area contributed by atoms with Gasteiger partial charge in [0.1, 0.15) is 16.5 Å². The topological polar surface area (TPSA) is 101 Å². The van der Waals surface area contributed by atoms with E-state index in [1.807, 2.05) is 24.5 Å². The highest BCUT2D eigenvalue weighted by Gasteiger charge is 2.25. The summed E-state index contributed by atoms with van der Waals surface area (Å²) >= 11 is 1.60. The normalized spacial score (nSPS) is 17.1. The van der Waals surface area contributed by atoms with Crippen molar-refractivity contribution in [3.05, 3.63) is 48.0 Å². The van der Waals surface area contributed by atoms with Crippen molar-refractivity contribution < 1.29 is 4.74 Å². The fraction of sp³-hybridized carbons (Fsp3) is 0.400. The van der Waals surface area contributed by atoms with E-state index in [9.17, 15) is 0 Å². The van der Waals surface area contributed by atoms with Crippen LogP contribution in [0.25, 0.3) is 20.9 Å². The van der Waals surface area contributed by atoms with Gasteiger partial charge in [-0.3, -0.25) is 9.97 Å². The number of ether oxygens (including phenoxy) is 1. The minimum atomic E-state index is 0.383. The lowest BCUT2D eigenvalue weighted by Gasteiger charge is -2.32. The molecule has 0 amide bonds. The van der Waals surface area contributed by atoms with Crippen LogP contribution in [-0.2, 0) is 4.74 Å². The summed E-state index contributed by atoms with van der Waals surface area (Å²) in [5.41, 5.74) is 4.00. The predicted molar refractivity (Wildman–Crippen MR) is 139 cm³/mol. The van der Waals surface area contributed by atoms with E-state index >= 15 is 0 Å². The van der Waals surface area contributed by atoms with Crippen LogP contribution in [-0.4, -0.2) is 64.3 Å². The average molecular weight is 489 g/mol. The Morgan fingerprint density at radius 2 is 1.91 bits per heavy atom. The Morgan fingerprint density at radius 3 is 2.74 bits per heavy atom. The Kier molecular flexibility index (Phi) is 6.24. The maximum Gasteiger partial charge on any atom is 0.153 e. The van der Waals surface area contributed by atoms with Gasteiger partial charge in [0.05, 0.1) is 22.1 Å². The van der Waals surface area contributed by atoms with Gasteiger partial charge < -0.3 is 20.3 Å². The summed E-state index contributed by atoms with van der Waals surface area (Å²) in [6, 6.07) is 5.96. The van der Waals surface area contributed by atoms with Crippen LogP contribution in [0.4, 0.5) is 17.5 Å². The third-order valence-corrected chi connectivity index (χ3v) is 7.56. The second kappa shape index (κ2) is 9.80. The van der Waals surface area contributed by atoms with Crippen LogP contribution >= 0.6 is 11.3 Å². The number of piperazine rings is 1. The molecule has 0 saturated carbocycles. The summed E-state index contributed by atoms with van der Waals surface area (Å²) in [4.78, 5) is 26.2. The molecule has 4 aromatic heterocycles. The molecule has 10 heteroatoms. The lowest BCUT2D eigenvalue weighted by atomic mass is 9.95. The molecule has 0 atom stereocenters. The molecule has 2 aliphatic rings. The van der Waals surface area contributed by atoms with Gasteiger partial charge in [-0.25, -0.2) is 15.0 Å². The smallest absolute Gasteiger partial charge is 0.153 e. The summed E-state index contributed by atoms with van der Waals surface area (Å²) < 4.78 is 6.61. The SMILES string of the molecule is Cc1cccnc1-c1nc2cc(Nc3cnc(C4CCOCC4)c(N4CCNCC4)n3)ncc2s1. The molecular weight excluding hydrogens is 460 g/mol. The lowest BCUT2D eigenvalue weighted by Crippen LogP contribution is -2.44. The zero-order valence-corrected chi connectivity index (χ0v) is 20.5. The van der Waals surface area contributed by atoms with Crippen molar-refractivity contribution in [1.29, 1.82) is 0 Å². The molecule has 2 N–H and O–H groups in total. The number of nitrogens with one attached hydrogen (secondary N) is 2. The van der Waals surface area contributed by atoms with Crippen molar-refractivity contribution in [2.24, 2.45) is 0 Å². The number of aryl methyl sites for hydroxylation is 1. The van der Waals surface area contributed by atoms with E-state index in [2.05, 4.69) is 38.5 Å². The molecule has 2 saturated heterocycles. The number of nitrogens with zero attached hydrogens (tertiary/aromatic N) is 6. The number of anilines is 3. The first kappa shape index (κ1) is 22.3. The molecule has 0 bridgehead atoms. The van der Waals surface area contributed by atoms with Crippen LogP contribution < -0.4 is 15.5 Å². The van der Waals surface area contributed by atoms with Crippen molar-refractivity contribution in [3.8, 4) is 10.7 Å². The molecule has 180 valence electrons. The standard InChI is InChI=1S/C25H28N8OS/c1-16-3-2-6-27-22(16)25-30-18-13-20(28-14-19(18)35-25)31-21-15-29-23(17-4-11-34-12-5-17)24(32-21)33-9-7-26-8-10-33/h2-3,6,13-15,17,26H,4-5,7-12H2,1H3,(H,28,31,32). The summed E-state index contributed by atoms with van der Waals surface area (Å²) in [5, 5.41) is 7.69. The molecule has 6 heterocycles. The van der Waals surface area contributed by atoms with Crippen molar-refractivity contribution >= 4 is 39.0 Å². The molecule has 0 unspecified atom stereocenters. The van der Waals surface area contributed by atoms with Crippen LogP contribution in [0.15, 0.2) is 36.8 Å². The minimum absolute atomic E-state index is 0.383. The zero-order chi connectivity index (χ0) is 23.6. The van der Waals surface area contributed by atoms with E-state index in [-0.39, 0.29) is 0 Å². The van der Waals surface area contributed by atoms with Gasteiger partial charge in [0.25, 0.3) is 0 Å². The molecular formula is C25H28N8OS. The molecule has 0 radical (unpaired) electrons. The maximum atomic E-state index is 5.58. The van der Waals surface area contributed by atoms with Crippen molar-refractivity contribution in [2.75, 3.05) is 49.6 Å². The third kappa shape index (κ3) is 4.69. The predicted octanol–water partition coefficient (Wildman–Crippen LogP) is 3.90. The van der Waals surface area contributed by atoms with Crippen LogP contribution in [0.3, 0.4) is 0 Å². The van der Waals surface area contributed by atoms with Gasteiger partial charge >= 0.3 is 0 Å². The van der Waals surface area contributed by atoms with E-state index < -0.39 is 0 Å². The van der Waals surface area contributed by atoms with Crippen molar-refractivity contribution in [3.63, 3.8) is 0 Å². The highest BCUT2D eigenvalue weighted by atomic mass is 32.1. The minimum Gasteiger partial charge on any atom is -0.381 e. The van der Waals surface area contributed by atoms with Crippen LogP contribution in [0.5, 0.6) is 0 Å². The largest absolute Gasteiger partial charge is 0.381 e. The van der Waals surface area contributed by atoms with E-state index in [4.69, 9.17) is 19.7 Å². The van der Waals surface area contributed by atoms with E-state index in [0.717, 1.165) is 90.2 Å². The summed E-state index contributed by atoms with van der Waals surface area (Å²) in [6.45, 7) is 7.37. The van der Waals surface area contributed by atoms with E-state index in [1.54, 1.807) is 17.5 Å². The van der Waals surface area contributed by atoms with Gasteiger partial charge in [0.15, 0.2) is 11.6 Å². The fourth-order valence-corrected chi connectivity index (χ4v) is 5.64. The van der Waals surface area contributed by atoms with Crippen LogP contribution in [0, 0.1) is 6.92 Å². The Morgan fingerprint density at radius 1 is 1.06 bits per heavy atom. The molecule has 9 nitrogen and oxygen atoms in total. The van der Waals surface area contributed by atoms with Crippen molar-refractivity contribution in [2.45, 2.75) is 25.7 Å². The van der Waals surface area contributed by atoms with Crippen molar-refractivity contribution in [1.82, 2.24) is 30.2 Å². The summed E-state index contributed by atoms with van der Waals surface area (Å²) in [7, 11) is 0. The van der Waals surface area contributed by atoms with Crippen LogP contribution in [0.2, 0.25) is 0 Å². The molecule has 0 aliphatic carbocycles. The van der Waals surface area contributed by atoms with E-state index in [0.29, 0.717) is 17.6 Å². The third-order valence-electron chi connectivity index (χ3n) is 6.55. The quantitative estimate of drug-likeness (QED) is 0.433. The molecule has 4 aromatic rings. The summed E-state index contributed by atoms with van der Waals surface area (Å²) in [6.07, 6.45) is 7.46. The first-order valence-electron chi connectivity index (χ1n) is 12.1. The molecule has 0 spiro atoms. The van der Waals surface area contributed by atoms with Crippen LogP contribution in [0.1, 0.15) is 30.0 Å². The Bertz CT molecular complexity index is 1330. The Balaban J connectivity index is 1.29. The first-order valence-corrected chi connectivity index (χ1v) is 12.9. The molecule has 0 aromatic carbocycles. The monoisotopic (exact) mass is 488 g/mol.